The molecule has 10 heteroatoms. The van der Waals surface area contributed by atoms with Crippen LogP contribution < -0.4 is 15.4 Å². The normalized spacial score (nSPS) is 18.6. The largest absolute Gasteiger partial charge is 0.493 e. The first-order valence-corrected chi connectivity index (χ1v) is 13.1. The number of hydrogen-bond acceptors (Lipinski definition) is 7. The first kappa shape index (κ1) is 25.0. The predicted molar refractivity (Wildman–Crippen MR) is 145 cm³/mol. The van der Waals surface area contributed by atoms with Crippen molar-refractivity contribution < 1.29 is 13.9 Å². The molecule has 200 valence electrons. The quantitative estimate of drug-likeness (QED) is 0.343. The highest BCUT2D eigenvalue weighted by Crippen LogP contribution is 2.36. The van der Waals surface area contributed by atoms with Gasteiger partial charge in [0.15, 0.2) is 11.6 Å². The first-order valence-electron chi connectivity index (χ1n) is 13.1. The zero-order valence-corrected chi connectivity index (χ0v) is 21.7. The van der Waals surface area contributed by atoms with Gasteiger partial charge in [0.05, 0.1) is 23.8 Å². The van der Waals surface area contributed by atoms with Crippen molar-refractivity contribution in [3.63, 3.8) is 0 Å². The highest BCUT2D eigenvalue weighted by Gasteiger charge is 2.39. The lowest BCUT2D eigenvalue weighted by Crippen LogP contribution is -2.46. The number of nitrogens with one attached hydrogen (secondary N) is 3. The second-order valence-electron chi connectivity index (χ2n) is 10.1. The van der Waals surface area contributed by atoms with Crippen LogP contribution in [0.15, 0.2) is 67.0 Å². The van der Waals surface area contributed by atoms with E-state index in [4.69, 9.17) is 9.72 Å². The highest BCUT2D eigenvalue weighted by molar-refractivity contribution is 5.95. The van der Waals surface area contributed by atoms with Gasteiger partial charge in [-0.15, -0.1) is 0 Å². The molecule has 1 atom stereocenters. The molecule has 0 aliphatic carbocycles. The summed E-state index contributed by atoms with van der Waals surface area (Å²) in [4.78, 5) is 24.4. The van der Waals surface area contributed by atoms with Gasteiger partial charge in [0, 0.05) is 48.7 Å². The van der Waals surface area contributed by atoms with E-state index < -0.39 is 17.3 Å². The van der Waals surface area contributed by atoms with Crippen LogP contribution in [-0.4, -0.2) is 57.7 Å². The SMILES string of the molecule is CN1CCC(Nc2ccc(F)c(C(=O)N[C@H]3CCOc4ccccc43)c2)(c2nc(-c3ccncc3)n[nH]2)CC1. The molecule has 0 radical (unpaired) electrons. The molecule has 9 nitrogen and oxygen atoms in total. The summed E-state index contributed by atoms with van der Waals surface area (Å²) in [6, 6.07) is 15.7. The number of halogens is 1. The average Bonchev–Trinajstić information content (AvgIpc) is 3.47. The van der Waals surface area contributed by atoms with Crippen LogP contribution in [0.4, 0.5) is 10.1 Å². The summed E-state index contributed by atoms with van der Waals surface area (Å²) in [6.07, 6.45) is 5.54. The number of pyridine rings is 1. The number of para-hydroxylation sites is 1. The second kappa shape index (κ2) is 10.5. The van der Waals surface area contributed by atoms with E-state index in [1.54, 1.807) is 24.5 Å². The topological polar surface area (TPSA) is 108 Å². The number of piperidine rings is 1. The first-order chi connectivity index (χ1) is 19.0. The van der Waals surface area contributed by atoms with Gasteiger partial charge in [-0.2, -0.15) is 5.10 Å². The number of amides is 1. The molecule has 4 heterocycles. The Morgan fingerprint density at radius 2 is 1.92 bits per heavy atom. The number of fused-ring (bicyclic) bond motifs is 1. The van der Waals surface area contributed by atoms with Crippen molar-refractivity contribution in [2.75, 3.05) is 32.1 Å². The third-order valence-corrected chi connectivity index (χ3v) is 7.58. The highest BCUT2D eigenvalue weighted by atomic mass is 19.1. The van der Waals surface area contributed by atoms with Crippen molar-refractivity contribution in [3.05, 3.63) is 89.8 Å². The van der Waals surface area contributed by atoms with Gasteiger partial charge in [-0.1, -0.05) is 18.2 Å². The number of nitrogens with zero attached hydrogens (tertiary/aromatic N) is 4. The molecule has 0 unspecified atom stereocenters. The van der Waals surface area contributed by atoms with Gasteiger partial charge in [0.1, 0.15) is 11.6 Å². The summed E-state index contributed by atoms with van der Waals surface area (Å²) in [7, 11) is 2.08. The van der Waals surface area contributed by atoms with Crippen LogP contribution in [0.3, 0.4) is 0 Å². The van der Waals surface area contributed by atoms with Gasteiger partial charge in [-0.05, 0) is 56.3 Å². The van der Waals surface area contributed by atoms with E-state index >= 15 is 0 Å². The van der Waals surface area contributed by atoms with Gasteiger partial charge in [-0.25, -0.2) is 9.37 Å². The third kappa shape index (κ3) is 5.07. The summed E-state index contributed by atoms with van der Waals surface area (Å²) in [5.41, 5.74) is 1.83. The number of hydrogen-bond donors (Lipinski definition) is 3. The number of anilines is 1. The zero-order valence-electron chi connectivity index (χ0n) is 21.7. The lowest BCUT2D eigenvalue weighted by Gasteiger charge is -2.40. The van der Waals surface area contributed by atoms with Crippen LogP contribution >= 0.6 is 0 Å². The van der Waals surface area contributed by atoms with Crippen molar-refractivity contribution in [3.8, 4) is 17.1 Å². The van der Waals surface area contributed by atoms with Crippen molar-refractivity contribution in [1.29, 1.82) is 0 Å². The molecule has 2 aliphatic rings. The minimum absolute atomic E-state index is 0.0119. The lowest BCUT2D eigenvalue weighted by atomic mass is 9.86. The maximum absolute atomic E-state index is 15.0. The molecule has 0 spiro atoms. The number of benzene rings is 2. The number of carbonyl (C=O) groups is 1. The Balaban J connectivity index is 1.27. The molecule has 2 aromatic heterocycles. The maximum atomic E-state index is 15.0. The summed E-state index contributed by atoms with van der Waals surface area (Å²) < 4.78 is 20.7. The summed E-state index contributed by atoms with van der Waals surface area (Å²) >= 11 is 0. The molecular formula is C29H30FN7O2. The molecular weight excluding hydrogens is 497 g/mol. The number of carbonyl (C=O) groups excluding carboxylic acids is 1. The van der Waals surface area contributed by atoms with E-state index in [9.17, 15) is 9.18 Å². The van der Waals surface area contributed by atoms with Crippen molar-refractivity contribution in [1.82, 2.24) is 30.4 Å². The molecule has 1 saturated heterocycles. The molecule has 1 fully saturated rings. The van der Waals surface area contributed by atoms with Gasteiger partial charge in [0.25, 0.3) is 5.91 Å². The summed E-state index contributed by atoms with van der Waals surface area (Å²) in [6.45, 7) is 2.17. The van der Waals surface area contributed by atoms with E-state index in [1.165, 1.54) is 6.07 Å². The minimum atomic E-state index is -0.574. The third-order valence-electron chi connectivity index (χ3n) is 7.58. The van der Waals surface area contributed by atoms with E-state index in [1.807, 2.05) is 36.4 Å². The molecule has 0 bridgehead atoms. The molecule has 3 N–H and O–H groups in total. The Kier molecular flexibility index (Phi) is 6.70. The Morgan fingerprint density at radius 1 is 1.13 bits per heavy atom. The number of ether oxygens (including phenoxy) is 1. The van der Waals surface area contributed by atoms with E-state index in [2.05, 4.69) is 37.8 Å². The fourth-order valence-electron chi connectivity index (χ4n) is 5.31. The molecule has 4 aromatic rings. The summed E-state index contributed by atoms with van der Waals surface area (Å²) in [5, 5.41) is 14.2. The van der Waals surface area contributed by atoms with Crippen LogP contribution in [-0.2, 0) is 5.54 Å². The van der Waals surface area contributed by atoms with Gasteiger partial charge in [-0.3, -0.25) is 14.9 Å². The van der Waals surface area contributed by atoms with E-state index in [0.29, 0.717) is 30.4 Å². The van der Waals surface area contributed by atoms with Crippen LogP contribution in [0.1, 0.15) is 47.1 Å². The second-order valence-corrected chi connectivity index (χ2v) is 10.1. The van der Waals surface area contributed by atoms with Crippen molar-refractivity contribution in [2.24, 2.45) is 0 Å². The Hall–Kier alpha value is -4.31. The van der Waals surface area contributed by atoms with Crippen LogP contribution in [0.25, 0.3) is 11.4 Å². The monoisotopic (exact) mass is 527 g/mol. The number of H-pyrrole nitrogens is 1. The maximum Gasteiger partial charge on any atom is 0.254 e. The Morgan fingerprint density at radius 3 is 2.74 bits per heavy atom. The minimum Gasteiger partial charge on any atom is -0.493 e. The van der Waals surface area contributed by atoms with Crippen LogP contribution in [0, 0.1) is 5.82 Å². The number of aromatic amines is 1. The lowest BCUT2D eigenvalue weighted by molar-refractivity contribution is 0.0920. The van der Waals surface area contributed by atoms with Crippen LogP contribution in [0.2, 0.25) is 0 Å². The Bertz CT molecular complexity index is 1470. The van der Waals surface area contributed by atoms with Gasteiger partial charge < -0.3 is 20.3 Å². The van der Waals surface area contributed by atoms with E-state index in [-0.39, 0.29) is 11.6 Å². The number of rotatable bonds is 6. The standard InChI is InChI=1S/C29H30FN7O2/c1-37-15-11-29(12-16-37,28-33-26(35-36-28)19-8-13-31-14-9-19)34-20-6-7-23(30)22(18-20)27(38)32-24-10-17-39-25-5-3-2-4-21(24)25/h2-9,13-14,18,24,34H,10-12,15-17H2,1H3,(H,32,38)(H,33,35,36)/t24-/m0/s1. The zero-order chi connectivity index (χ0) is 26.8. The molecule has 2 aliphatic heterocycles. The summed E-state index contributed by atoms with van der Waals surface area (Å²) in [5.74, 6) is 0.998. The smallest absolute Gasteiger partial charge is 0.254 e. The van der Waals surface area contributed by atoms with Crippen molar-refractivity contribution in [2.45, 2.75) is 30.8 Å². The van der Waals surface area contributed by atoms with Crippen molar-refractivity contribution >= 4 is 11.6 Å². The number of likely N-dealkylation sites (tertiary alicyclic amines) is 1. The molecule has 2 aromatic carbocycles. The average molecular weight is 528 g/mol. The fraction of sp³-hybridized carbons (Fsp3) is 0.310. The predicted octanol–water partition coefficient (Wildman–Crippen LogP) is 4.29. The molecule has 1 amide bonds. The Labute approximate surface area is 225 Å². The van der Waals surface area contributed by atoms with Gasteiger partial charge >= 0.3 is 0 Å². The van der Waals surface area contributed by atoms with E-state index in [0.717, 1.165) is 42.8 Å². The fourth-order valence-corrected chi connectivity index (χ4v) is 5.31. The number of aromatic nitrogens is 4. The molecule has 0 saturated carbocycles. The van der Waals surface area contributed by atoms with Gasteiger partial charge in [0.2, 0.25) is 0 Å². The molecule has 39 heavy (non-hydrogen) atoms. The van der Waals surface area contributed by atoms with Crippen LogP contribution in [0.5, 0.6) is 5.75 Å². The molecule has 6 rings (SSSR count).